The fourth-order valence-corrected chi connectivity index (χ4v) is 31.2. The quantitative estimate of drug-likeness (QED) is 0.0366. The van der Waals surface area contributed by atoms with E-state index in [0.29, 0.717) is 0 Å². The first-order valence-corrected chi connectivity index (χ1v) is 57.7. The molecule has 0 aliphatic heterocycles. The van der Waals surface area contributed by atoms with Crippen molar-refractivity contribution >= 4 is 91.6 Å². The number of para-hydroxylation sites is 4. The minimum absolute atomic E-state index is 0. The van der Waals surface area contributed by atoms with Crippen molar-refractivity contribution in [3.63, 3.8) is 0 Å². The maximum Gasteiger partial charge on any atom is 0.616 e. The monoisotopic (exact) mass is 1800 g/mol. The first-order valence-electron chi connectivity index (χ1n) is 36.8. The number of hydrogen-bond acceptors (Lipinski definition) is 20. The molecule has 0 aliphatic carbocycles. The minimum Gasteiger partial charge on any atom is -0.391 e. The third-order valence-corrected chi connectivity index (χ3v) is 35.4. The van der Waals surface area contributed by atoms with Crippen LogP contribution in [0.1, 0.15) is 286 Å². The van der Waals surface area contributed by atoms with Crippen LogP contribution in [0, 0.1) is 0 Å². The average molecular weight is 1800 g/mol. The molecule has 0 unspecified atom stereocenters. The number of benzene rings is 4. The van der Waals surface area contributed by atoms with E-state index < -0.39 is 91.2 Å². The van der Waals surface area contributed by atoms with Crippen LogP contribution in [0.15, 0.2) is 72.8 Å². The molecule has 0 heterocycles. The fourth-order valence-electron chi connectivity index (χ4n) is 10.8. The first-order chi connectivity index (χ1) is 45.5. The predicted molar refractivity (Wildman–Crippen MR) is 459 cm³/mol. The summed E-state index contributed by atoms with van der Waals surface area (Å²) < 4.78 is 6.24. The summed E-state index contributed by atoms with van der Waals surface area (Å²) in [5.41, 5.74) is 9.71. The summed E-state index contributed by atoms with van der Waals surface area (Å²) in [6.07, 6.45) is 0. The van der Waals surface area contributed by atoms with Gasteiger partial charge in [0.15, 0.2) is 0 Å². The van der Waals surface area contributed by atoms with Crippen LogP contribution >= 0.6 is 0 Å². The molecule has 0 aliphatic rings. The molecule has 4 aromatic rings. The van der Waals surface area contributed by atoms with E-state index in [-0.39, 0.29) is 134 Å². The van der Waals surface area contributed by atoms with Gasteiger partial charge in [-0.2, -0.15) is 0 Å². The summed E-state index contributed by atoms with van der Waals surface area (Å²) in [6, 6.07) is 24.1. The van der Waals surface area contributed by atoms with Gasteiger partial charge < -0.3 is 94.9 Å². The SMILES string of the molecule is CC(C)(C)O.CC(C)(C)O.CC(C)(C)O.CC(C)(C)O.CC(C)c1cccc(C(C)C)c1N([Si](C)(C)C)[Si](O)(O)O.CC(C)c1cccc(C(C)C)c1N([Si](C)(C)C)[Si](O)(O)O.CC(C)c1cccc(C(C)C)c1N([Si](C)(C)C)[Si](O)(O)O.CC(C)c1cccc(C(C)C)c1N([Si](C)(C)C)[Si](O)(O)O.[Ti].[Ti].[Ti].[Ti]. The predicted octanol–water partition coefficient (Wildman–Crippen LogP) is 15.0. The first kappa shape index (κ1) is 124. The Kier molecular flexibility index (Phi) is 56.6. The topological polar surface area (TPSA) is 337 Å². The summed E-state index contributed by atoms with van der Waals surface area (Å²) in [4.78, 5) is 121. The molecule has 0 radical (unpaired) electrons. The number of rotatable bonds is 20. The number of hydrogen-bond donors (Lipinski definition) is 16. The van der Waals surface area contributed by atoms with Crippen LogP contribution in [-0.4, -0.2) is 169 Å². The van der Waals surface area contributed by atoms with E-state index in [9.17, 15) is 57.5 Å². The van der Waals surface area contributed by atoms with Gasteiger partial charge in [0.05, 0.1) is 22.4 Å². The second kappa shape index (κ2) is 49.4. The van der Waals surface area contributed by atoms with Gasteiger partial charge in [0.1, 0.15) is 32.9 Å². The molecule has 0 saturated heterocycles. The van der Waals surface area contributed by atoms with Crippen LogP contribution in [0.4, 0.5) is 22.7 Å². The molecule has 624 valence electrons. The second-order valence-electron chi connectivity index (χ2n) is 37.5. The zero-order chi connectivity index (χ0) is 84.3. The molecular weight excluding hydrogens is 1640 g/mol. The normalized spacial score (nSPS) is 12.4. The van der Waals surface area contributed by atoms with Gasteiger partial charge in [0.25, 0.3) is 0 Å². The fraction of sp³-hybridized carbons (Fsp3) is 0.684. The molecule has 0 bridgehead atoms. The molecule has 0 fully saturated rings. The molecule has 0 atom stereocenters. The van der Waals surface area contributed by atoms with Gasteiger partial charge in [0, 0.05) is 110 Å². The van der Waals surface area contributed by atoms with Crippen molar-refractivity contribution in [3.8, 4) is 0 Å². The molecule has 4 aromatic carbocycles. The summed E-state index contributed by atoms with van der Waals surface area (Å²) in [7, 11) is -26.4. The molecule has 16 N–H and O–H groups in total. The van der Waals surface area contributed by atoms with Crippen molar-refractivity contribution in [3.05, 3.63) is 117 Å². The van der Waals surface area contributed by atoms with Crippen LogP contribution in [0.3, 0.4) is 0 Å². The summed E-state index contributed by atoms with van der Waals surface area (Å²) >= 11 is 0. The van der Waals surface area contributed by atoms with Crippen molar-refractivity contribution in [2.45, 2.75) is 342 Å². The van der Waals surface area contributed by atoms with Crippen LogP contribution in [0.2, 0.25) is 78.6 Å². The van der Waals surface area contributed by atoms with Crippen molar-refractivity contribution in [2.24, 2.45) is 0 Å². The van der Waals surface area contributed by atoms with E-state index in [4.69, 9.17) is 20.4 Å². The zero-order valence-electron chi connectivity index (χ0n) is 74.5. The average Bonchev–Trinajstić information content (AvgIpc) is 0.783. The Hall–Kier alpha value is 0.0322. The third kappa shape index (κ3) is 50.6. The van der Waals surface area contributed by atoms with Crippen LogP contribution in [0.5, 0.6) is 0 Å². The Balaban J connectivity index is -0.000000187. The molecule has 4 rings (SSSR count). The van der Waals surface area contributed by atoms with Crippen molar-refractivity contribution in [1.82, 2.24) is 0 Å². The van der Waals surface area contributed by atoms with E-state index in [0.717, 1.165) is 67.3 Å². The van der Waals surface area contributed by atoms with Crippen LogP contribution in [-0.2, 0) is 86.9 Å². The third-order valence-electron chi connectivity index (χ3n) is 14.1. The standard InChI is InChI=1S/4C15H29NO3Si2.4C4H10O.4Ti/c4*1-11(2)13-9-8-10-14(12(3)4)15(13)16(20(5,6)7)21(17,18)19;4*1-4(2,3)5;;;;/h4*8-12,17-19H,1-7H3;4*5H,1-3H3;;;;. The van der Waals surface area contributed by atoms with Gasteiger partial charge in [0.2, 0.25) is 0 Å². The van der Waals surface area contributed by atoms with Gasteiger partial charge in [-0.3, -0.25) is 0 Å². The van der Waals surface area contributed by atoms with Gasteiger partial charge >= 0.3 is 35.9 Å². The van der Waals surface area contributed by atoms with Gasteiger partial charge in [-0.1, -0.05) is 262 Å². The van der Waals surface area contributed by atoms with Crippen molar-refractivity contribution in [1.29, 1.82) is 0 Å². The van der Waals surface area contributed by atoms with E-state index in [1.807, 2.05) is 151 Å². The summed E-state index contributed by atoms with van der Waals surface area (Å²) in [5.74, 6) is 1.95. The molecule has 0 amide bonds. The number of nitrogens with zero attached hydrogens (tertiary/aromatic N) is 4. The largest absolute Gasteiger partial charge is 0.616 e. The van der Waals surface area contributed by atoms with E-state index in [1.165, 1.54) is 0 Å². The molecule has 0 spiro atoms. The summed E-state index contributed by atoms with van der Waals surface area (Å²) in [6.45, 7) is 78.4. The van der Waals surface area contributed by atoms with Crippen LogP contribution < -0.4 is 16.9 Å². The second-order valence-corrected chi connectivity index (χ2v) is 65.0. The van der Waals surface area contributed by atoms with Crippen LogP contribution in [0.25, 0.3) is 0 Å². The van der Waals surface area contributed by atoms with E-state index >= 15 is 0 Å². The Bertz CT molecular complexity index is 2540. The Morgan fingerprint density at radius 2 is 0.287 bits per heavy atom. The zero-order valence-corrected chi connectivity index (χ0v) is 88.7. The Labute approximate surface area is 726 Å². The molecule has 20 nitrogen and oxygen atoms in total. The molecule has 32 heteroatoms. The van der Waals surface area contributed by atoms with Gasteiger partial charge in [-0.15, -0.1) is 0 Å². The van der Waals surface area contributed by atoms with E-state index in [2.05, 4.69) is 111 Å². The molecule has 108 heavy (non-hydrogen) atoms. The number of anilines is 4. The van der Waals surface area contributed by atoms with Gasteiger partial charge in [-0.05, 0) is 175 Å². The maximum absolute atomic E-state index is 10.1. The Morgan fingerprint density at radius 3 is 0.333 bits per heavy atom. The molecular formula is C76H156N4O16Si8Ti4. The minimum atomic E-state index is -4.42. The smallest absolute Gasteiger partial charge is 0.391 e. The van der Waals surface area contributed by atoms with Crippen molar-refractivity contribution < 1.29 is 165 Å². The van der Waals surface area contributed by atoms with Gasteiger partial charge in [-0.25, -0.2) is 0 Å². The van der Waals surface area contributed by atoms with Crippen molar-refractivity contribution in [2.75, 3.05) is 16.9 Å². The molecule has 0 saturated carbocycles. The maximum atomic E-state index is 10.1. The molecule has 0 aromatic heterocycles. The Morgan fingerprint density at radius 1 is 0.213 bits per heavy atom. The number of aliphatic hydroxyl groups is 4. The summed E-state index contributed by atoms with van der Waals surface area (Å²) in [5, 5.41) is 34.1. The van der Waals surface area contributed by atoms with E-state index in [1.54, 1.807) is 100 Å².